The van der Waals surface area contributed by atoms with Gasteiger partial charge in [-0.1, -0.05) is 54.6 Å². The third-order valence-corrected chi connectivity index (χ3v) is 7.34. The second-order valence-corrected chi connectivity index (χ2v) is 9.91. The lowest BCUT2D eigenvalue weighted by Crippen LogP contribution is -2.32. The smallest absolute Gasteiger partial charge is 0.261 e. The number of hydrogen-bond donors (Lipinski definition) is 2. The fourth-order valence-electron chi connectivity index (χ4n) is 3.76. The monoisotopic (exact) mass is 434 g/mol. The predicted octanol–water partition coefficient (Wildman–Crippen LogP) is 4.57. The van der Waals surface area contributed by atoms with Crippen LogP contribution in [0.3, 0.4) is 0 Å². The summed E-state index contributed by atoms with van der Waals surface area (Å²) in [6.07, 6.45) is 2.07. The molecule has 5 nitrogen and oxygen atoms in total. The first kappa shape index (κ1) is 21.1. The van der Waals surface area contributed by atoms with Crippen molar-refractivity contribution in [2.24, 2.45) is 0 Å². The van der Waals surface area contributed by atoms with Gasteiger partial charge >= 0.3 is 0 Å². The Morgan fingerprint density at radius 1 is 0.903 bits per heavy atom. The third kappa shape index (κ3) is 4.49. The van der Waals surface area contributed by atoms with E-state index in [-0.39, 0.29) is 16.2 Å². The Morgan fingerprint density at radius 3 is 2.26 bits per heavy atom. The molecule has 0 heterocycles. The molecule has 31 heavy (non-hydrogen) atoms. The number of carbonyl (C=O) groups is 1. The number of anilines is 1. The Morgan fingerprint density at radius 2 is 1.58 bits per heavy atom. The van der Waals surface area contributed by atoms with E-state index in [0.717, 1.165) is 24.0 Å². The van der Waals surface area contributed by atoms with Crippen LogP contribution in [0.5, 0.6) is 0 Å². The van der Waals surface area contributed by atoms with Crippen molar-refractivity contribution < 1.29 is 13.2 Å². The van der Waals surface area contributed by atoms with Crippen LogP contribution in [-0.2, 0) is 15.4 Å². The minimum atomic E-state index is -3.81. The van der Waals surface area contributed by atoms with Crippen LogP contribution in [-0.4, -0.2) is 20.9 Å². The zero-order valence-corrected chi connectivity index (χ0v) is 18.5. The van der Waals surface area contributed by atoms with E-state index in [1.807, 2.05) is 44.2 Å². The van der Waals surface area contributed by atoms with E-state index in [1.54, 1.807) is 18.2 Å². The van der Waals surface area contributed by atoms with Gasteiger partial charge in [0.15, 0.2) is 0 Å². The maximum absolute atomic E-state index is 12.9. The van der Waals surface area contributed by atoms with Crippen molar-refractivity contribution in [3.63, 3.8) is 0 Å². The van der Waals surface area contributed by atoms with Crippen molar-refractivity contribution in [1.82, 2.24) is 5.32 Å². The molecule has 1 aliphatic rings. The van der Waals surface area contributed by atoms with Gasteiger partial charge in [-0.05, 0) is 61.6 Å². The average Bonchev–Trinajstić information content (AvgIpc) is 3.56. The van der Waals surface area contributed by atoms with Gasteiger partial charge in [0.2, 0.25) is 0 Å². The highest BCUT2D eigenvalue weighted by atomic mass is 32.2. The Kier molecular flexibility index (Phi) is 5.58. The zero-order valence-electron chi connectivity index (χ0n) is 17.7. The first-order valence-electron chi connectivity index (χ1n) is 10.3. The number of nitrogens with one attached hydrogen (secondary N) is 2. The molecule has 1 amide bonds. The average molecular weight is 435 g/mol. The van der Waals surface area contributed by atoms with Crippen LogP contribution in [0, 0.1) is 13.8 Å². The first-order valence-corrected chi connectivity index (χ1v) is 11.8. The van der Waals surface area contributed by atoms with Gasteiger partial charge < -0.3 is 5.32 Å². The molecule has 0 saturated heterocycles. The highest BCUT2D eigenvalue weighted by molar-refractivity contribution is 7.92. The van der Waals surface area contributed by atoms with Crippen molar-refractivity contribution in [1.29, 1.82) is 0 Å². The molecule has 0 bridgehead atoms. The molecule has 4 rings (SSSR count). The summed E-state index contributed by atoms with van der Waals surface area (Å²) in [5, 5.41) is 3.02. The molecule has 1 aliphatic carbocycles. The van der Waals surface area contributed by atoms with Crippen LogP contribution in [0.4, 0.5) is 5.69 Å². The van der Waals surface area contributed by atoms with Gasteiger partial charge in [0.25, 0.3) is 15.9 Å². The first-order chi connectivity index (χ1) is 14.8. The summed E-state index contributed by atoms with van der Waals surface area (Å²) in [6, 6.07) is 22.0. The third-order valence-electron chi connectivity index (χ3n) is 5.98. The SMILES string of the molecule is Cc1ccccc1NS(=O)(=O)c1ccc(C)c(C(=O)NCC2(c3ccccc3)CC2)c1. The maximum Gasteiger partial charge on any atom is 0.261 e. The Labute approximate surface area is 183 Å². The zero-order chi connectivity index (χ0) is 22.1. The molecule has 6 heteroatoms. The lowest BCUT2D eigenvalue weighted by atomic mass is 9.96. The molecule has 0 spiro atoms. The van der Waals surface area contributed by atoms with Crippen molar-refractivity contribution >= 4 is 21.6 Å². The second-order valence-electron chi connectivity index (χ2n) is 8.23. The second kappa shape index (κ2) is 8.19. The van der Waals surface area contributed by atoms with E-state index in [9.17, 15) is 13.2 Å². The molecule has 3 aromatic rings. The largest absolute Gasteiger partial charge is 0.351 e. The topological polar surface area (TPSA) is 75.3 Å². The Balaban J connectivity index is 1.52. The number of amides is 1. The fourth-order valence-corrected chi connectivity index (χ4v) is 4.92. The van der Waals surface area contributed by atoms with Gasteiger partial charge in [0, 0.05) is 17.5 Å². The van der Waals surface area contributed by atoms with Gasteiger partial charge in [-0.25, -0.2) is 8.42 Å². The van der Waals surface area contributed by atoms with Crippen LogP contribution in [0.25, 0.3) is 0 Å². The summed E-state index contributed by atoms with van der Waals surface area (Å²) < 4.78 is 28.4. The van der Waals surface area contributed by atoms with Crippen molar-refractivity contribution in [2.45, 2.75) is 37.0 Å². The van der Waals surface area contributed by atoms with Crippen LogP contribution in [0.1, 0.15) is 39.9 Å². The molecule has 1 fully saturated rings. The highest BCUT2D eigenvalue weighted by Gasteiger charge is 2.44. The van der Waals surface area contributed by atoms with Gasteiger partial charge in [0.1, 0.15) is 0 Å². The van der Waals surface area contributed by atoms with E-state index in [4.69, 9.17) is 0 Å². The number of sulfonamides is 1. The molecule has 3 aromatic carbocycles. The Bertz CT molecular complexity index is 1220. The highest BCUT2D eigenvalue weighted by Crippen LogP contribution is 2.47. The lowest BCUT2D eigenvalue weighted by Gasteiger charge is -2.17. The predicted molar refractivity (Wildman–Crippen MR) is 123 cm³/mol. The number of aryl methyl sites for hydroxylation is 2. The van der Waals surface area contributed by atoms with Crippen molar-refractivity contribution in [3.8, 4) is 0 Å². The summed E-state index contributed by atoms with van der Waals surface area (Å²) in [5.41, 5.74) is 3.67. The molecule has 2 N–H and O–H groups in total. The summed E-state index contributed by atoms with van der Waals surface area (Å²) in [7, 11) is -3.81. The number of benzene rings is 3. The van der Waals surface area contributed by atoms with Crippen LogP contribution in [0.15, 0.2) is 77.7 Å². The van der Waals surface area contributed by atoms with Crippen molar-refractivity contribution in [3.05, 3.63) is 95.1 Å². The van der Waals surface area contributed by atoms with E-state index in [1.165, 1.54) is 17.7 Å². The molecule has 0 atom stereocenters. The minimum Gasteiger partial charge on any atom is -0.351 e. The van der Waals surface area contributed by atoms with E-state index in [2.05, 4.69) is 22.2 Å². The van der Waals surface area contributed by atoms with Gasteiger partial charge in [-0.3, -0.25) is 9.52 Å². The van der Waals surface area contributed by atoms with E-state index >= 15 is 0 Å². The number of rotatable bonds is 7. The standard InChI is InChI=1S/C25H26N2O3S/c1-18-12-13-21(31(29,30)27-23-11-7-6-8-19(23)2)16-22(18)24(28)26-17-25(14-15-25)20-9-4-3-5-10-20/h3-13,16,27H,14-15,17H2,1-2H3,(H,26,28). The molecule has 0 unspecified atom stereocenters. The molecule has 0 radical (unpaired) electrons. The summed E-state index contributed by atoms with van der Waals surface area (Å²) in [4.78, 5) is 13.0. The maximum atomic E-state index is 12.9. The summed E-state index contributed by atoms with van der Waals surface area (Å²) in [5.74, 6) is -0.257. The molecule has 160 valence electrons. The number of hydrogen-bond acceptors (Lipinski definition) is 3. The van der Waals surface area contributed by atoms with Crippen LogP contribution in [0.2, 0.25) is 0 Å². The number of carbonyl (C=O) groups excluding carboxylic acids is 1. The van der Waals surface area contributed by atoms with Gasteiger partial charge in [-0.15, -0.1) is 0 Å². The molecular formula is C25H26N2O3S. The quantitative estimate of drug-likeness (QED) is 0.572. The van der Waals surface area contributed by atoms with Crippen molar-refractivity contribution in [2.75, 3.05) is 11.3 Å². The normalized spacial score (nSPS) is 14.6. The molecular weight excluding hydrogens is 408 g/mol. The van der Waals surface area contributed by atoms with Crippen LogP contribution < -0.4 is 10.0 Å². The Hall–Kier alpha value is -3.12. The molecule has 0 aliphatic heterocycles. The molecule has 1 saturated carbocycles. The van der Waals surface area contributed by atoms with Crippen LogP contribution >= 0.6 is 0 Å². The fraction of sp³-hybridized carbons (Fsp3) is 0.240. The number of para-hydroxylation sites is 1. The minimum absolute atomic E-state index is 0.0130. The van der Waals surface area contributed by atoms with E-state index < -0.39 is 10.0 Å². The van der Waals surface area contributed by atoms with E-state index in [0.29, 0.717) is 17.8 Å². The summed E-state index contributed by atoms with van der Waals surface area (Å²) in [6.45, 7) is 4.18. The van der Waals surface area contributed by atoms with Gasteiger partial charge in [0.05, 0.1) is 10.6 Å². The lowest BCUT2D eigenvalue weighted by molar-refractivity contribution is 0.0949. The van der Waals surface area contributed by atoms with Gasteiger partial charge in [-0.2, -0.15) is 0 Å². The summed E-state index contributed by atoms with van der Waals surface area (Å²) >= 11 is 0. The molecule has 0 aromatic heterocycles.